The summed E-state index contributed by atoms with van der Waals surface area (Å²) in [5.41, 5.74) is -0.0704. The van der Waals surface area contributed by atoms with Crippen LogP contribution in [0.4, 0.5) is 26.3 Å². The van der Waals surface area contributed by atoms with Gasteiger partial charge in [-0.1, -0.05) is 23.4 Å². The average molecular weight is 456 g/mol. The number of hydrogen-bond acceptors (Lipinski definition) is 4. The quantitative estimate of drug-likeness (QED) is 0.298. The highest BCUT2D eigenvalue weighted by Gasteiger charge is 2.36. The number of nitrogens with zero attached hydrogens (tertiary/aromatic N) is 3. The fourth-order valence-electron chi connectivity index (χ4n) is 3.02. The van der Waals surface area contributed by atoms with Crippen LogP contribution in [0.15, 0.2) is 47.5 Å². The van der Waals surface area contributed by atoms with Gasteiger partial charge in [0.2, 0.25) is 0 Å². The van der Waals surface area contributed by atoms with Crippen LogP contribution in [0.2, 0.25) is 0 Å². The third-order valence-corrected chi connectivity index (χ3v) is 4.49. The van der Waals surface area contributed by atoms with Gasteiger partial charge >= 0.3 is 12.4 Å². The molecule has 0 amide bonds. The largest absolute Gasteiger partial charge is 0.416 e. The van der Waals surface area contributed by atoms with Gasteiger partial charge in [-0.05, 0) is 41.8 Å². The van der Waals surface area contributed by atoms with Gasteiger partial charge in [-0.3, -0.25) is 10.1 Å². The van der Waals surface area contributed by atoms with Crippen LogP contribution in [0.5, 0.6) is 0 Å². The van der Waals surface area contributed by atoms with E-state index in [1.807, 2.05) is 18.2 Å². The summed E-state index contributed by atoms with van der Waals surface area (Å²) in [6, 6.07) is 8.73. The second-order valence-corrected chi connectivity index (χ2v) is 6.88. The number of aromatic nitrogens is 3. The van der Waals surface area contributed by atoms with E-state index in [-0.39, 0.29) is 24.8 Å². The number of nitrogens with one attached hydrogen (secondary N) is 1. The first kappa shape index (κ1) is 23.5. The molecule has 32 heavy (non-hydrogen) atoms. The molecule has 0 fully saturated rings. The Morgan fingerprint density at radius 3 is 2.28 bits per heavy atom. The molecule has 0 aliphatic rings. The maximum atomic E-state index is 12.9. The minimum atomic E-state index is -4.89. The highest BCUT2D eigenvalue weighted by atomic mass is 19.4. The van der Waals surface area contributed by atoms with Crippen molar-refractivity contribution in [2.45, 2.75) is 25.4 Å². The van der Waals surface area contributed by atoms with Crippen LogP contribution in [0.3, 0.4) is 0 Å². The van der Waals surface area contributed by atoms with E-state index in [1.165, 1.54) is 0 Å². The lowest BCUT2D eigenvalue weighted by molar-refractivity contribution is -0.143. The van der Waals surface area contributed by atoms with Crippen molar-refractivity contribution in [1.82, 2.24) is 15.4 Å². The first-order chi connectivity index (χ1) is 15.1. The topological polar surface area (TPSA) is 63.2 Å². The van der Waals surface area contributed by atoms with Gasteiger partial charge in [-0.25, -0.2) is 0 Å². The van der Waals surface area contributed by atoms with E-state index in [0.29, 0.717) is 29.9 Å². The fraction of sp³-hybridized carbons (Fsp3) is 0.286. The van der Waals surface area contributed by atoms with Crippen molar-refractivity contribution in [3.63, 3.8) is 0 Å². The summed E-state index contributed by atoms with van der Waals surface area (Å²) in [6.07, 6.45) is -7.80. The summed E-state index contributed by atoms with van der Waals surface area (Å²) in [6.45, 7) is -0.282. The Balaban J connectivity index is 1.66. The standard InChI is InChI=1S/C21H18F6N4O/c1-28-11-18-19(30-31-29-18)15-4-2-3-13(7-15)5-6-32-12-14-8-16(20(22,23)24)10-17(9-14)21(25,26)27/h2-4,7-11H,5-6,12H2,1H3,(H,29,30,31)/b28-11-. The van der Waals surface area contributed by atoms with Crippen LogP contribution >= 0.6 is 0 Å². The third-order valence-electron chi connectivity index (χ3n) is 4.49. The molecule has 1 N–H and O–H groups in total. The van der Waals surface area contributed by atoms with E-state index < -0.39 is 23.5 Å². The number of aliphatic imine (C=N–C) groups is 1. The van der Waals surface area contributed by atoms with Gasteiger partial charge in [0.25, 0.3) is 0 Å². The number of hydrogen-bond donors (Lipinski definition) is 1. The summed E-state index contributed by atoms with van der Waals surface area (Å²) < 4.78 is 83.1. The molecule has 2 aromatic carbocycles. The van der Waals surface area contributed by atoms with Crippen LogP contribution in [0, 0.1) is 0 Å². The number of alkyl halides is 6. The molecule has 170 valence electrons. The third kappa shape index (κ3) is 5.94. The second-order valence-electron chi connectivity index (χ2n) is 6.88. The predicted octanol–water partition coefficient (Wildman–Crippen LogP) is 5.32. The molecule has 1 heterocycles. The summed E-state index contributed by atoms with van der Waals surface area (Å²) >= 11 is 0. The molecule has 1 aromatic heterocycles. The van der Waals surface area contributed by atoms with Crippen molar-refractivity contribution in [1.29, 1.82) is 0 Å². The molecule has 5 nitrogen and oxygen atoms in total. The van der Waals surface area contributed by atoms with Crippen LogP contribution in [0.1, 0.15) is 27.9 Å². The zero-order chi connectivity index (χ0) is 23.4. The van der Waals surface area contributed by atoms with Gasteiger partial charge in [0, 0.05) is 18.8 Å². The zero-order valence-corrected chi connectivity index (χ0v) is 16.8. The summed E-state index contributed by atoms with van der Waals surface area (Å²) in [7, 11) is 1.61. The predicted molar refractivity (Wildman–Crippen MR) is 105 cm³/mol. The normalized spacial score (nSPS) is 12.6. The summed E-state index contributed by atoms with van der Waals surface area (Å²) in [5.74, 6) is 0. The van der Waals surface area contributed by atoms with E-state index >= 15 is 0 Å². The van der Waals surface area contributed by atoms with Crippen LogP contribution in [-0.4, -0.2) is 35.3 Å². The van der Waals surface area contributed by atoms with Crippen molar-refractivity contribution in [3.8, 4) is 11.3 Å². The number of aromatic amines is 1. The Morgan fingerprint density at radius 1 is 0.969 bits per heavy atom. The monoisotopic (exact) mass is 456 g/mol. The number of benzene rings is 2. The van der Waals surface area contributed by atoms with Gasteiger partial charge < -0.3 is 4.74 Å². The van der Waals surface area contributed by atoms with Gasteiger partial charge in [0.1, 0.15) is 11.4 Å². The molecule has 3 rings (SSSR count). The maximum Gasteiger partial charge on any atom is 0.416 e. The molecule has 0 saturated carbocycles. The Labute approximate surface area is 179 Å². The fourth-order valence-corrected chi connectivity index (χ4v) is 3.02. The molecule has 0 spiro atoms. The van der Waals surface area contributed by atoms with Crippen molar-refractivity contribution in [3.05, 3.63) is 70.4 Å². The number of halogens is 6. The molecule has 0 aliphatic heterocycles. The van der Waals surface area contributed by atoms with E-state index in [9.17, 15) is 26.3 Å². The van der Waals surface area contributed by atoms with E-state index in [1.54, 1.807) is 19.3 Å². The Bertz CT molecular complexity index is 1060. The molecule has 3 aromatic rings. The lowest BCUT2D eigenvalue weighted by atomic mass is 10.0. The zero-order valence-electron chi connectivity index (χ0n) is 16.8. The number of ether oxygens (including phenoxy) is 1. The van der Waals surface area contributed by atoms with E-state index in [0.717, 1.165) is 11.1 Å². The molecular weight excluding hydrogens is 438 g/mol. The first-order valence-corrected chi connectivity index (χ1v) is 9.36. The second kappa shape index (κ2) is 9.51. The van der Waals surface area contributed by atoms with Gasteiger partial charge in [0.15, 0.2) is 0 Å². The van der Waals surface area contributed by atoms with Gasteiger partial charge in [0.05, 0.1) is 24.3 Å². The highest BCUT2D eigenvalue weighted by Crippen LogP contribution is 2.36. The molecule has 11 heteroatoms. The molecule has 0 atom stereocenters. The average Bonchev–Trinajstić information content (AvgIpc) is 3.19. The maximum absolute atomic E-state index is 12.9. The van der Waals surface area contributed by atoms with Crippen LogP contribution < -0.4 is 0 Å². The van der Waals surface area contributed by atoms with Gasteiger partial charge in [-0.2, -0.15) is 26.3 Å². The lowest BCUT2D eigenvalue weighted by Gasteiger charge is -2.14. The smallest absolute Gasteiger partial charge is 0.376 e. The molecule has 0 bridgehead atoms. The summed E-state index contributed by atoms with van der Waals surface area (Å²) in [5, 5.41) is 10.5. The summed E-state index contributed by atoms with van der Waals surface area (Å²) in [4.78, 5) is 3.92. The molecule has 0 saturated heterocycles. The number of rotatable bonds is 7. The van der Waals surface area contributed by atoms with Crippen LogP contribution in [0.25, 0.3) is 11.3 Å². The first-order valence-electron chi connectivity index (χ1n) is 9.36. The highest BCUT2D eigenvalue weighted by molar-refractivity contribution is 5.86. The Hall–Kier alpha value is -3.21. The van der Waals surface area contributed by atoms with Crippen molar-refractivity contribution in [2.24, 2.45) is 4.99 Å². The molecule has 0 aliphatic carbocycles. The Kier molecular flexibility index (Phi) is 6.97. The lowest BCUT2D eigenvalue weighted by Crippen LogP contribution is -2.12. The van der Waals surface area contributed by atoms with Crippen molar-refractivity contribution >= 4 is 6.21 Å². The molecule has 0 unspecified atom stereocenters. The van der Waals surface area contributed by atoms with E-state index in [2.05, 4.69) is 20.4 Å². The minimum Gasteiger partial charge on any atom is -0.376 e. The Morgan fingerprint density at radius 2 is 1.66 bits per heavy atom. The molecular formula is C21H18F6N4O. The van der Waals surface area contributed by atoms with Crippen LogP contribution in [-0.2, 0) is 30.1 Å². The molecule has 0 radical (unpaired) electrons. The van der Waals surface area contributed by atoms with Gasteiger partial charge in [-0.15, -0.1) is 5.10 Å². The van der Waals surface area contributed by atoms with Crippen molar-refractivity contribution in [2.75, 3.05) is 13.7 Å². The number of H-pyrrole nitrogens is 1. The van der Waals surface area contributed by atoms with Crippen molar-refractivity contribution < 1.29 is 31.1 Å². The van der Waals surface area contributed by atoms with E-state index in [4.69, 9.17) is 4.74 Å². The minimum absolute atomic E-state index is 0.0937. The SMILES string of the molecule is C/N=C\c1[nH]nnc1-c1cccc(CCOCc2cc(C(F)(F)F)cc(C(F)(F)F)c2)c1.